The highest BCUT2D eigenvalue weighted by Gasteiger charge is 2.22. The molecule has 0 fully saturated rings. The third-order valence-electron chi connectivity index (χ3n) is 2.67. The number of carbonyl (C=O) groups is 3. The van der Waals surface area contributed by atoms with Crippen LogP contribution in [0.25, 0.3) is 0 Å². The number of carbonyl (C=O) groups excluding carboxylic acids is 3. The summed E-state index contributed by atoms with van der Waals surface area (Å²) in [5.41, 5.74) is 0.951. The van der Waals surface area contributed by atoms with Gasteiger partial charge in [-0.25, -0.2) is 0 Å². The van der Waals surface area contributed by atoms with Gasteiger partial charge in [-0.15, -0.1) is 0 Å². The van der Waals surface area contributed by atoms with Crippen LogP contribution >= 0.6 is 11.3 Å². The van der Waals surface area contributed by atoms with Crippen molar-refractivity contribution in [1.29, 1.82) is 0 Å². The highest BCUT2D eigenvalue weighted by Crippen LogP contribution is 2.22. The summed E-state index contributed by atoms with van der Waals surface area (Å²) in [4.78, 5) is 33.8. The Labute approximate surface area is 110 Å². The lowest BCUT2D eigenvalue weighted by Crippen LogP contribution is -2.40. The van der Waals surface area contributed by atoms with E-state index in [1.54, 1.807) is 0 Å². The van der Waals surface area contributed by atoms with Gasteiger partial charge in [0.15, 0.2) is 0 Å². The zero-order valence-electron chi connectivity index (χ0n) is 10.5. The van der Waals surface area contributed by atoms with E-state index in [1.165, 1.54) is 18.3 Å². The molecule has 0 saturated heterocycles. The first-order valence-electron chi connectivity index (χ1n) is 5.85. The molecule has 1 heterocycles. The standard InChI is InChI=1S/C13H17NO3S/c1-3-12(10-4-5-18-8-10)13(17)14-11(7-15)6-9(2)16/h4-5,7-8,11-12H,3,6H2,1-2H3,(H,14,17). The predicted octanol–water partition coefficient (Wildman–Crippen LogP) is 1.90. The Morgan fingerprint density at radius 3 is 2.67 bits per heavy atom. The fourth-order valence-corrected chi connectivity index (χ4v) is 2.49. The van der Waals surface area contributed by atoms with E-state index in [9.17, 15) is 14.4 Å². The predicted molar refractivity (Wildman–Crippen MR) is 70.6 cm³/mol. The minimum Gasteiger partial charge on any atom is -0.346 e. The number of hydrogen-bond acceptors (Lipinski definition) is 4. The van der Waals surface area contributed by atoms with Crippen LogP contribution in [0, 0.1) is 0 Å². The second kappa shape index (κ2) is 7.06. The molecule has 0 bridgehead atoms. The molecule has 5 heteroatoms. The van der Waals surface area contributed by atoms with Gasteiger partial charge in [-0.3, -0.25) is 9.59 Å². The first-order chi connectivity index (χ1) is 8.58. The molecule has 0 aliphatic rings. The highest BCUT2D eigenvalue weighted by atomic mass is 32.1. The summed E-state index contributed by atoms with van der Waals surface area (Å²) in [6.45, 7) is 3.32. The molecule has 1 aromatic rings. The number of aldehydes is 1. The molecule has 2 unspecified atom stereocenters. The van der Waals surface area contributed by atoms with Crippen molar-refractivity contribution < 1.29 is 14.4 Å². The lowest BCUT2D eigenvalue weighted by molar-refractivity contribution is -0.126. The van der Waals surface area contributed by atoms with Crippen molar-refractivity contribution in [2.45, 2.75) is 38.6 Å². The van der Waals surface area contributed by atoms with E-state index in [1.807, 2.05) is 23.8 Å². The van der Waals surface area contributed by atoms with Gasteiger partial charge in [0, 0.05) is 6.42 Å². The van der Waals surface area contributed by atoms with Crippen molar-refractivity contribution in [3.05, 3.63) is 22.4 Å². The van der Waals surface area contributed by atoms with E-state index >= 15 is 0 Å². The van der Waals surface area contributed by atoms with Gasteiger partial charge in [0.1, 0.15) is 12.1 Å². The van der Waals surface area contributed by atoms with Crippen LogP contribution in [0.3, 0.4) is 0 Å². The molecule has 0 radical (unpaired) electrons. The summed E-state index contributed by atoms with van der Waals surface area (Å²) in [5, 5.41) is 6.45. The van der Waals surface area contributed by atoms with E-state index in [0.717, 1.165) is 5.56 Å². The van der Waals surface area contributed by atoms with Gasteiger partial charge >= 0.3 is 0 Å². The Morgan fingerprint density at radius 1 is 1.50 bits per heavy atom. The van der Waals surface area contributed by atoms with Gasteiger partial charge < -0.3 is 10.1 Å². The molecule has 2 atom stereocenters. The Morgan fingerprint density at radius 2 is 2.22 bits per heavy atom. The molecule has 4 nitrogen and oxygen atoms in total. The molecule has 1 aromatic heterocycles. The molecule has 0 aliphatic carbocycles. The zero-order valence-corrected chi connectivity index (χ0v) is 11.3. The van der Waals surface area contributed by atoms with Crippen molar-refractivity contribution in [3.63, 3.8) is 0 Å². The van der Waals surface area contributed by atoms with Crippen molar-refractivity contribution >= 4 is 29.3 Å². The van der Waals surface area contributed by atoms with Crippen LogP contribution < -0.4 is 5.32 Å². The summed E-state index contributed by atoms with van der Waals surface area (Å²) in [7, 11) is 0. The second-order valence-corrected chi connectivity index (χ2v) is 4.95. The second-order valence-electron chi connectivity index (χ2n) is 4.17. The monoisotopic (exact) mass is 267 g/mol. The fourth-order valence-electron chi connectivity index (χ4n) is 1.77. The third-order valence-corrected chi connectivity index (χ3v) is 3.37. The van der Waals surface area contributed by atoms with Crippen molar-refractivity contribution in [2.75, 3.05) is 0 Å². The average Bonchev–Trinajstić information content (AvgIpc) is 2.82. The average molecular weight is 267 g/mol. The summed E-state index contributed by atoms with van der Waals surface area (Å²) in [5.74, 6) is -0.573. The smallest absolute Gasteiger partial charge is 0.228 e. The topological polar surface area (TPSA) is 63.2 Å². The minimum atomic E-state index is -0.720. The maximum absolute atomic E-state index is 12.0. The van der Waals surface area contributed by atoms with Crippen LogP contribution in [-0.4, -0.2) is 24.0 Å². The molecular formula is C13H17NO3S. The molecule has 1 rings (SSSR count). The van der Waals surface area contributed by atoms with Gasteiger partial charge in [0.25, 0.3) is 0 Å². The molecule has 0 saturated carbocycles. The van der Waals surface area contributed by atoms with Crippen molar-refractivity contribution in [3.8, 4) is 0 Å². The van der Waals surface area contributed by atoms with Crippen LogP contribution in [0.5, 0.6) is 0 Å². The van der Waals surface area contributed by atoms with E-state index in [4.69, 9.17) is 0 Å². The molecule has 0 aromatic carbocycles. The number of rotatable bonds is 7. The first kappa shape index (κ1) is 14.6. The Kier molecular flexibility index (Phi) is 5.71. The SMILES string of the molecule is CCC(C(=O)NC(C=O)CC(C)=O)c1ccsc1. The largest absolute Gasteiger partial charge is 0.346 e. The molecule has 1 amide bonds. The summed E-state index contributed by atoms with van der Waals surface area (Å²) >= 11 is 1.53. The molecule has 1 N–H and O–H groups in total. The molecule has 0 aliphatic heterocycles. The number of Topliss-reactive ketones (excluding diaryl/α,β-unsaturated/α-hetero) is 1. The maximum Gasteiger partial charge on any atom is 0.228 e. The fraction of sp³-hybridized carbons (Fsp3) is 0.462. The molecule has 98 valence electrons. The molecule has 0 spiro atoms. The van der Waals surface area contributed by atoms with E-state index in [0.29, 0.717) is 12.7 Å². The molecular weight excluding hydrogens is 250 g/mol. The normalized spacial score (nSPS) is 13.7. The van der Waals surface area contributed by atoms with Crippen molar-refractivity contribution in [2.24, 2.45) is 0 Å². The minimum absolute atomic E-state index is 0.0509. The van der Waals surface area contributed by atoms with Gasteiger partial charge in [-0.05, 0) is 35.7 Å². The third kappa shape index (κ3) is 4.07. The Balaban J connectivity index is 2.67. The van der Waals surface area contributed by atoms with Gasteiger partial charge in [-0.1, -0.05) is 6.92 Å². The molecule has 18 heavy (non-hydrogen) atoms. The quantitative estimate of drug-likeness (QED) is 0.767. The van der Waals surface area contributed by atoms with E-state index < -0.39 is 6.04 Å². The Bertz CT molecular complexity index is 414. The van der Waals surface area contributed by atoms with Crippen LogP contribution in [0.1, 0.15) is 38.2 Å². The van der Waals surface area contributed by atoms with Crippen LogP contribution in [0.15, 0.2) is 16.8 Å². The lowest BCUT2D eigenvalue weighted by Gasteiger charge is -2.17. The number of amides is 1. The van der Waals surface area contributed by atoms with Crippen LogP contribution in [-0.2, 0) is 14.4 Å². The number of thiophene rings is 1. The van der Waals surface area contributed by atoms with Crippen LogP contribution in [0.2, 0.25) is 0 Å². The highest BCUT2D eigenvalue weighted by molar-refractivity contribution is 7.08. The number of nitrogens with one attached hydrogen (secondary N) is 1. The number of hydrogen-bond donors (Lipinski definition) is 1. The first-order valence-corrected chi connectivity index (χ1v) is 6.80. The maximum atomic E-state index is 12.0. The van der Waals surface area contributed by atoms with E-state index in [2.05, 4.69) is 5.32 Å². The van der Waals surface area contributed by atoms with Gasteiger partial charge in [0.2, 0.25) is 5.91 Å². The van der Waals surface area contributed by atoms with Crippen molar-refractivity contribution in [1.82, 2.24) is 5.32 Å². The van der Waals surface area contributed by atoms with Gasteiger partial charge in [-0.2, -0.15) is 11.3 Å². The summed E-state index contributed by atoms with van der Waals surface area (Å²) in [6, 6.07) is 1.18. The lowest BCUT2D eigenvalue weighted by atomic mass is 9.98. The van der Waals surface area contributed by atoms with Gasteiger partial charge in [0.05, 0.1) is 12.0 Å². The zero-order chi connectivity index (χ0) is 13.5. The van der Waals surface area contributed by atoms with E-state index in [-0.39, 0.29) is 24.0 Å². The Hall–Kier alpha value is -1.49. The number of ketones is 1. The summed E-state index contributed by atoms with van der Waals surface area (Å²) < 4.78 is 0. The summed E-state index contributed by atoms with van der Waals surface area (Å²) in [6.07, 6.45) is 1.32. The van der Waals surface area contributed by atoms with Crippen LogP contribution in [0.4, 0.5) is 0 Å².